The van der Waals surface area contributed by atoms with Crippen LogP contribution in [0.4, 0.5) is 14.5 Å². The maximum atomic E-state index is 14.6. The minimum Gasteiger partial charge on any atom is -0.369 e. The van der Waals surface area contributed by atoms with E-state index in [1.54, 1.807) is 0 Å². The number of hydrogen-bond donors (Lipinski definition) is 1. The molecule has 4 fully saturated rings. The Hall–Kier alpha value is -2.58. The molecule has 0 radical (unpaired) electrons. The van der Waals surface area contributed by atoms with Gasteiger partial charge in [0.05, 0.1) is 33.2 Å². The quantitative estimate of drug-likeness (QED) is 0.539. The average Bonchev–Trinajstić information content (AvgIpc) is 3.54. The van der Waals surface area contributed by atoms with E-state index in [0.29, 0.717) is 51.6 Å². The van der Waals surface area contributed by atoms with Gasteiger partial charge in [-0.15, -0.1) is 11.3 Å². The molecule has 2 heterocycles. The van der Waals surface area contributed by atoms with Gasteiger partial charge in [-0.25, -0.2) is 22.2 Å². The van der Waals surface area contributed by atoms with Gasteiger partial charge in [0.2, 0.25) is 5.91 Å². The Morgan fingerprint density at radius 3 is 2.38 bits per heavy atom. The van der Waals surface area contributed by atoms with Crippen molar-refractivity contribution in [1.82, 2.24) is 10.3 Å². The number of nitriles is 1. The van der Waals surface area contributed by atoms with Crippen LogP contribution in [0.15, 0.2) is 24.3 Å². The Kier molecular flexibility index (Phi) is 6.91. The lowest BCUT2D eigenvalue weighted by atomic mass is 9.75. The fourth-order valence-electron chi connectivity index (χ4n) is 5.98. The molecule has 0 unspecified atom stereocenters. The molecule has 3 aliphatic carbocycles. The zero-order chi connectivity index (χ0) is 27.4. The highest BCUT2D eigenvalue weighted by atomic mass is 32.2. The number of anilines is 1. The Morgan fingerprint density at radius 2 is 1.77 bits per heavy atom. The standard InChI is InChI=1S/C28H32F2N4O3S2/c29-19-3-6-22(23(15-19)26(35)33-28(16-31)7-8-28)24-25(38-27(32-24)18-13-20(30)14-18)17-1-4-21(5-2-17)34-9-11-39(36,37)12-10-34/h1-2,4-5,18-20,22-23H,3,6-15H2,(H,33,35)/t18?,19-,20?,22+,23+/m0/s1. The van der Waals surface area contributed by atoms with E-state index in [1.165, 1.54) is 11.3 Å². The summed E-state index contributed by atoms with van der Waals surface area (Å²) in [6, 6.07) is 10.1. The first-order valence-corrected chi connectivity index (χ1v) is 16.4. The molecule has 6 rings (SSSR count). The Balaban J connectivity index is 1.31. The molecule has 39 heavy (non-hydrogen) atoms. The molecule has 0 bridgehead atoms. The van der Waals surface area contributed by atoms with Crippen LogP contribution in [0.2, 0.25) is 0 Å². The number of halogens is 2. The van der Waals surface area contributed by atoms with Gasteiger partial charge in [0.15, 0.2) is 9.84 Å². The number of carbonyl (C=O) groups excluding carboxylic acids is 1. The van der Waals surface area contributed by atoms with Crippen molar-refractivity contribution in [2.24, 2.45) is 5.92 Å². The summed E-state index contributed by atoms with van der Waals surface area (Å²) < 4.78 is 52.0. The van der Waals surface area contributed by atoms with Crippen LogP contribution in [-0.4, -0.2) is 61.8 Å². The Labute approximate surface area is 231 Å². The van der Waals surface area contributed by atoms with E-state index < -0.39 is 33.6 Å². The number of aromatic nitrogens is 1. The summed E-state index contributed by atoms with van der Waals surface area (Å²) in [6.45, 7) is 0.911. The van der Waals surface area contributed by atoms with E-state index in [2.05, 4.69) is 16.3 Å². The van der Waals surface area contributed by atoms with E-state index in [0.717, 1.165) is 26.8 Å². The van der Waals surface area contributed by atoms with Gasteiger partial charge in [0.1, 0.15) is 17.9 Å². The minimum absolute atomic E-state index is 0.0465. The zero-order valence-electron chi connectivity index (χ0n) is 21.6. The minimum atomic E-state index is -2.98. The van der Waals surface area contributed by atoms with Crippen LogP contribution in [0.1, 0.15) is 67.5 Å². The second kappa shape index (κ2) is 10.1. The number of thiazole rings is 1. The molecule has 1 aliphatic heterocycles. The van der Waals surface area contributed by atoms with Crippen LogP contribution in [-0.2, 0) is 14.6 Å². The lowest BCUT2D eigenvalue weighted by Gasteiger charge is -2.33. The zero-order valence-corrected chi connectivity index (χ0v) is 23.2. The topological polar surface area (TPSA) is 103 Å². The average molecular weight is 575 g/mol. The van der Waals surface area contributed by atoms with Gasteiger partial charge in [-0.2, -0.15) is 5.26 Å². The summed E-state index contributed by atoms with van der Waals surface area (Å²) in [5, 5.41) is 13.2. The third-order valence-corrected chi connectivity index (χ3v) is 11.6. The number of alkyl halides is 2. The van der Waals surface area contributed by atoms with E-state index >= 15 is 0 Å². The monoisotopic (exact) mass is 574 g/mol. The lowest BCUT2D eigenvalue weighted by Crippen LogP contribution is -2.44. The van der Waals surface area contributed by atoms with Crippen molar-refractivity contribution in [1.29, 1.82) is 5.26 Å². The number of hydrogen-bond acceptors (Lipinski definition) is 7. The second-order valence-corrected chi connectivity index (χ2v) is 14.9. The van der Waals surface area contributed by atoms with Gasteiger partial charge >= 0.3 is 0 Å². The summed E-state index contributed by atoms with van der Waals surface area (Å²) >= 11 is 1.53. The number of nitrogens with zero attached hydrogens (tertiary/aromatic N) is 3. The van der Waals surface area contributed by atoms with Crippen molar-refractivity contribution in [2.45, 2.75) is 74.7 Å². The Morgan fingerprint density at radius 1 is 1.08 bits per heavy atom. The fraction of sp³-hybridized carbons (Fsp3) is 0.607. The van der Waals surface area contributed by atoms with E-state index in [1.807, 2.05) is 24.3 Å². The first-order chi connectivity index (χ1) is 18.7. The Bertz CT molecular complexity index is 1380. The molecular formula is C28H32F2N4O3S2. The van der Waals surface area contributed by atoms with E-state index in [4.69, 9.17) is 4.98 Å². The molecule has 1 aromatic carbocycles. The summed E-state index contributed by atoms with van der Waals surface area (Å²) in [4.78, 5) is 21.3. The highest BCUT2D eigenvalue weighted by Crippen LogP contribution is 2.49. The van der Waals surface area contributed by atoms with Crippen LogP contribution < -0.4 is 10.2 Å². The normalized spacial score (nSPS) is 31.1. The highest BCUT2D eigenvalue weighted by Gasteiger charge is 2.48. The molecule has 7 nitrogen and oxygen atoms in total. The van der Waals surface area contributed by atoms with Crippen LogP contribution in [0.25, 0.3) is 10.4 Å². The lowest BCUT2D eigenvalue weighted by molar-refractivity contribution is -0.128. The molecule has 1 saturated heterocycles. The van der Waals surface area contributed by atoms with Gasteiger partial charge in [-0.3, -0.25) is 4.79 Å². The predicted octanol–water partition coefficient (Wildman–Crippen LogP) is 4.65. The summed E-state index contributed by atoms with van der Waals surface area (Å²) in [5.41, 5.74) is 1.81. The molecule has 208 valence electrons. The first kappa shape index (κ1) is 26.6. The number of nitrogens with one attached hydrogen (secondary N) is 1. The van der Waals surface area contributed by atoms with Crippen LogP contribution >= 0.6 is 11.3 Å². The molecule has 1 aromatic heterocycles. The summed E-state index contributed by atoms with van der Waals surface area (Å²) in [7, 11) is -2.98. The smallest absolute Gasteiger partial charge is 0.225 e. The van der Waals surface area contributed by atoms with Crippen molar-refractivity contribution >= 4 is 32.8 Å². The molecule has 11 heteroatoms. The van der Waals surface area contributed by atoms with E-state index in [-0.39, 0.29) is 35.7 Å². The second-order valence-electron chi connectivity index (χ2n) is 11.5. The molecular weight excluding hydrogens is 542 g/mol. The van der Waals surface area contributed by atoms with Crippen molar-refractivity contribution in [3.63, 3.8) is 0 Å². The van der Waals surface area contributed by atoms with Gasteiger partial charge < -0.3 is 10.2 Å². The van der Waals surface area contributed by atoms with Gasteiger partial charge in [0, 0.05) is 36.5 Å². The highest BCUT2D eigenvalue weighted by molar-refractivity contribution is 7.91. The summed E-state index contributed by atoms with van der Waals surface area (Å²) in [5.74, 6) is -0.878. The molecule has 2 aromatic rings. The van der Waals surface area contributed by atoms with Gasteiger partial charge in [-0.1, -0.05) is 12.1 Å². The SMILES string of the molecule is N#CC1(NC(=O)[C@@H]2C[C@@H](F)CC[C@H]2c2nc(C3CC(F)C3)sc2-c2ccc(N3CCS(=O)(=O)CC3)cc2)CC1. The third kappa shape index (κ3) is 5.42. The molecule has 3 atom stereocenters. The van der Waals surface area contributed by atoms with Gasteiger partial charge in [-0.05, 0) is 62.6 Å². The number of amides is 1. The van der Waals surface area contributed by atoms with Crippen LogP contribution in [0.3, 0.4) is 0 Å². The number of benzene rings is 1. The van der Waals surface area contributed by atoms with Crippen LogP contribution in [0.5, 0.6) is 0 Å². The number of sulfone groups is 1. The third-order valence-electron chi connectivity index (χ3n) is 8.74. The van der Waals surface area contributed by atoms with Crippen molar-refractivity contribution in [2.75, 3.05) is 29.5 Å². The van der Waals surface area contributed by atoms with Gasteiger partial charge in [0.25, 0.3) is 0 Å². The van der Waals surface area contributed by atoms with Crippen molar-refractivity contribution in [3.05, 3.63) is 35.0 Å². The van der Waals surface area contributed by atoms with Crippen molar-refractivity contribution < 1.29 is 22.0 Å². The summed E-state index contributed by atoms with van der Waals surface area (Å²) in [6.07, 6.45) is 1.12. The van der Waals surface area contributed by atoms with E-state index in [9.17, 15) is 27.3 Å². The van der Waals surface area contributed by atoms with Crippen LogP contribution in [0, 0.1) is 17.2 Å². The first-order valence-electron chi connectivity index (χ1n) is 13.7. The van der Waals surface area contributed by atoms with Crippen molar-refractivity contribution in [3.8, 4) is 16.5 Å². The largest absolute Gasteiger partial charge is 0.369 e. The number of carbonyl (C=O) groups is 1. The number of rotatable bonds is 6. The molecule has 1 amide bonds. The fourth-order valence-corrected chi connectivity index (χ4v) is 8.45. The maximum Gasteiger partial charge on any atom is 0.225 e. The molecule has 3 saturated carbocycles. The molecule has 1 N–H and O–H groups in total. The molecule has 4 aliphatic rings. The molecule has 0 spiro atoms. The maximum absolute atomic E-state index is 14.6. The predicted molar refractivity (Wildman–Crippen MR) is 146 cm³/mol.